The van der Waals surface area contributed by atoms with Crippen LogP contribution in [0.15, 0.2) is 78.0 Å². The first-order chi connectivity index (χ1) is 14.7. The molecule has 0 aliphatic carbocycles. The molecule has 3 aromatic rings. The van der Waals surface area contributed by atoms with Crippen LogP contribution in [0.5, 0.6) is 0 Å². The van der Waals surface area contributed by atoms with Gasteiger partial charge in [-0.2, -0.15) is 5.10 Å². The highest BCUT2D eigenvalue weighted by Crippen LogP contribution is 2.11. The van der Waals surface area contributed by atoms with E-state index in [1.54, 1.807) is 0 Å². The summed E-state index contributed by atoms with van der Waals surface area (Å²) in [6.45, 7) is 7.03. The van der Waals surface area contributed by atoms with Gasteiger partial charge < -0.3 is 15.5 Å². The van der Waals surface area contributed by atoms with Crippen LogP contribution in [-0.4, -0.2) is 47.3 Å². The predicted molar refractivity (Wildman–Crippen MR) is 123 cm³/mol. The number of nitrogens with one attached hydrogen (secondary N) is 2. The third kappa shape index (κ3) is 7.04. The highest BCUT2D eigenvalue weighted by Gasteiger charge is 2.05. The maximum absolute atomic E-state index is 4.80. The minimum atomic E-state index is 0.632. The molecule has 30 heavy (non-hydrogen) atoms. The van der Waals surface area contributed by atoms with Crippen molar-refractivity contribution in [3.8, 4) is 0 Å². The molecule has 0 aliphatic heterocycles. The Labute approximate surface area is 179 Å². The summed E-state index contributed by atoms with van der Waals surface area (Å²) in [5.74, 6) is 0.847. The quantitative estimate of drug-likeness (QED) is 0.403. The molecule has 0 radical (unpaired) electrons. The predicted octanol–water partition coefficient (Wildman–Crippen LogP) is 3.12. The van der Waals surface area contributed by atoms with Crippen molar-refractivity contribution in [3.05, 3.63) is 89.7 Å². The second-order valence-electron chi connectivity index (χ2n) is 7.32. The van der Waals surface area contributed by atoms with Crippen molar-refractivity contribution in [3.63, 3.8) is 0 Å². The summed E-state index contributed by atoms with van der Waals surface area (Å²) in [6, 6.07) is 20.9. The van der Waals surface area contributed by atoms with Crippen LogP contribution in [0.2, 0.25) is 0 Å². The number of aliphatic imine (C=N–C) groups is 1. The number of likely N-dealkylation sites (N-methyl/N-ethyl adjacent to an activating group) is 1. The molecule has 0 aliphatic rings. The number of guanidine groups is 1. The normalized spacial score (nSPS) is 11.6. The molecule has 0 saturated heterocycles. The molecule has 2 aromatic carbocycles. The first-order valence-electron chi connectivity index (χ1n) is 10.5. The van der Waals surface area contributed by atoms with Gasteiger partial charge in [0.2, 0.25) is 0 Å². The van der Waals surface area contributed by atoms with Crippen LogP contribution in [0.4, 0.5) is 0 Å². The smallest absolute Gasteiger partial charge is 0.191 e. The Kier molecular flexibility index (Phi) is 8.47. The second kappa shape index (κ2) is 11.8. The van der Waals surface area contributed by atoms with E-state index in [1.165, 1.54) is 16.7 Å². The van der Waals surface area contributed by atoms with Crippen molar-refractivity contribution >= 4 is 5.96 Å². The minimum absolute atomic E-state index is 0.632. The van der Waals surface area contributed by atoms with E-state index >= 15 is 0 Å². The summed E-state index contributed by atoms with van der Waals surface area (Å²) in [7, 11) is 2.14. The zero-order valence-electron chi connectivity index (χ0n) is 18.0. The van der Waals surface area contributed by atoms with Crippen molar-refractivity contribution in [2.24, 2.45) is 4.99 Å². The van der Waals surface area contributed by atoms with Crippen molar-refractivity contribution in [1.29, 1.82) is 0 Å². The number of aromatic nitrogens is 2. The van der Waals surface area contributed by atoms with Crippen LogP contribution >= 0.6 is 0 Å². The van der Waals surface area contributed by atoms with Crippen molar-refractivity contribution < 1.29 is 0 Å². The molecule has 6 nitrogen and oxygen atoms in total. The lowest BCUT2D eigenvalue weighted by atomic mass is 10.1. The van der Waals surface area contributed by atoms with E-state index in [0.29, 0.717) is 6.54 Å². The Morgan fingerprint density at radius 3 is 2.50 bits per heavy atom. The fourth-order valence-corrected chi connectivity index (χ4v) is 3.28. The fourth-order valence-electron chi connectivity index (χ4n) is 3.28. The molecule has 0 spiro atoms. The molecule has 0 unspecified atom stereocenters. The van der Waals surface area contributed by atoms with Gasteiger partial charge in [0.15, 0.2) is 5.96 Å². The number of hydrogen-bond donors (Lipinski definition) is 2. The monoisotopic (exact) mass is 404 g/mol. The van der Waals surface area contributed by atoms with Crippen molar-refractivity contribution in [2.75, 3.05) is 26.7 Å². The maximum Gasteiger partial charge on any atom is 0.191 e. The molecule has 0 fully saturated rings. The van der Waals surface area contributed by atoms with Crippen molar-refractivity contribution in [1.82, 2.24) is 25.3 Å². The molecular weight excluding hydrogens is 372 g/mol. The third-order valence-electron chi connectivity index (χ3n) is 4.84. The van der Waals surface area contributed by atoms with Gasteiger partial charge in [-0.1, -0.05) is 54.6 Å². The van der Waals surface area contributed by atoms with E-state index in [-0.39, 0.29) is 0 Å². The minimum Gasteiger partial charge on any atom is -0.357 e. The second-order valence-corrected chi connectivity index (χ2v) is 7.32. The summed E-state index contributed by atoms with van der Waals surface area (Å²) < 4.78 is 1.94. The number of rotatable bonds is 10. The van der Waals surface area contributed by atoms with Crippen LogP contribution in [0.3, 0.4) is 0 Å². The molecule has 1 aromatic heterocycles. The molecule has 0 atom stereocenters. The Bertz CT molecular complexity index is 889. The molecule has 0 bridgehead atoms. The highest BCUT2D eigenvalue weighted by molar-refractivity contribution is 5.79. The van der Waals surface area contributed by atoms with E-state index in [1.807, 2.05) is 23.1 Å². The van der Waals surface area contributed by atoms with Crippen LogP contribution in [0.1, 0.15) is 23.6 Å². The highest BCUT2D eigenvalue weighted by atomic mass is 15.3. The van der Waals surface area contributed by atoms with Gasteiger partial charge in [-0.25, -0.2) is 4.99 Å². The van der Waals surface area contributed by atoms with Gasteiger partial charge in [0.1, 0.15) is 0 Å². The Balaban J connectivity index is 1.53. The van der Waals surface area contributed by atoms with Crippen LogP contribution in [-0.2, 0) is 19.6 Å². The maximum atomic E-state index is 4.80. The molecule has 6 heteroatoms. The zero-order chi connectivity index (χ0) is 21.0. The largest absolute Gasteiger partial charge is 0.357 e. The number of nitrogens with zero attached hydrogens (tertiary/aromatic N) is 4. The Morgan fingerprint density at radius 1 is 1.00 bits per heavy atom. The van der Waals surface area contributed by atoms with E-state index in [4.69, 9.17) is 4.99 Å². The summed E-state index contributed by atoms with van der Waals surface area (Å²) in [4.78, 5) is 7.11. The standard InChI is InChI=1S/C24H32N6/c1-3-25-24(26-15-17-29(2)19-21-10-5-4-6-11-21)27-18-22-12-7-8-13-23(22)20-30-16-9-14-28-30/h4-14,16H,3,15,17-20H2,1-2H3,(H2,25,26,27). The molecule has 1 heterocycles. The Morgan fingerprint density at radius 2 is 1.77 bits per heavy atom. The first kappa shape index (κ1) is 21.6. The molecule has 3 rings (SSSR count). The van der Waals surface area contributed by atoms with E-state index in [0.717, 1.165) is 38.7 Å². The van der Waals surface area contributed by atoms with Crippen LogP contribution < -0.4 is 10.6 Å². The van der Waals surface area contributed by atoms with Crippen LogP contribution in [0, 0.1) is 0 Å². The summed E-state index contributed by atoms with van der Waals surface area (Å²) in [5, 5.41) is 11.1. The summed E-state index contributed by atoms with van der Waals surface area (Å²) >= 11 is 0. The fraction of sp³-hybridized carbons (Fsp3) is 0.333. The average Bonchev–Trinajstić information content (AvgIpc) is 3.27. The molecule has 2 N–H and O–H groups in total. The average molecular weight is 405 g/mol. The lowest BCUT2D eigenvalue weighted by Crippen LogP contribution is -2.40. The van der Waals surface area contributed by atoms with Gasteiger partial charge in [-0.3, -0.25) is 4.68 Å². The topological polar surface area (TPSA) is 57.5 Å². The lowest BCUT2D eigenvalue weighted by Gasteiger charge is -2.18. The molecular formula is C24H32N6. The third-order valence-corrected chi connectivity index (χ3v) is 4.84. The van der Waals surface area contributed by atoms with Gasteiger partial charge in [0.25, 0.3) is 0 Å². The zero-order valence-corrected chi connectivity index (χ0v) is 18.0. The van der Waals surface area contributed by atoms with Crippen molar-refractivity contribution in [2.45, 2.75) is 26.6 Å². The summed E-state index contributed by atoms with van der Waals surface area (Å²) in [5.41, 5.74) is 3.78. The van der Waals surface area contributed by atoms with E-state index in [2.05, 4.69) is 89.2 Å². The molecule has 158 valence electrons. The summed E-state index contributed by atoms with van der Waals surface area (Å²) in [6.07, 6.45) is 3.79. The van der Waals surface area contributed by atoms with E-state index < -0.39 is 0 Å². The number of benzene rings is 2. The SMILES string of the molecule is CCNC(=NCc1ccccc1Cn1cccn1)NCCN(C)Cc1ccccc1. The van der Waals surface area contributed by atoms with Gasteiger partial charge in [0.05, 0.1) is 13.1 Å². The molecule has 0 amide bonds. The molecule has 0 saturated carbocycles. The Hall–Kier alpha value is -3.12. The van der Waals surface area contributed by atoms with Gasteiger partial charge in [-0.15, -0.1) is 0 Å². The lowest BCUT2D eigenvalue weighted by molar-refractivity contribution is 0.331. The first-order valence-corrected chi connectivity index (χ1v) is 10.5. The van der Waals surface area contributed by atoms with Gasteiger partial charge in [0, 0.05) is 38.6 Å². The number of hydrogen-bond acceptors (Lipinski definition) is 3. The van der Waals surface area contributed by atoms with E-state index in [9.17, 15) is 0 Å². The van der Waals surface area contributed by atoms with Gasteiger partial charge in [-0.05, 0) is 36.7 Å². The van der Waals surface area contributed by atoms with Crippen LogP contribution in [0.25, 0.3) is 0 Å². The van der Waals surface area contributed by atoms with Gasteiger partial charge >= 0.3 is 0 Å².